The Morgan fingerprint density at radius 1 is 1.33 bits per heavy atom. The fourth-order valence-electron chi connectivity index (χ4n) is 1.61. The number of allylic oxidation sites excluding steroid dienone is 1. The van der Waals surface area contributed by atoms with Crippen LogP contribution in [-0.4, -0.2) is 28.4 Å². The zero-order valence-electron chi connectivity index (χ0n) is 11.2. The molecule has 1 N–H and O–H groups in total. The Morgan fingerprint density at radius 2 is 1.95 bits per heavy atom. The van der Waals surface area contributed by atoms with E-state index in [9.17, 15) is 19.1 Å². The smallest absolute Gasteiger partial charge is 0.343 e. The van der Waals surface area contributed by atoms with Crippen LogP contribution in [0.25, 0.3) is 0 Å². The van der Waals surface area contributed by atoms with E-state index in [-0.39, 0.29) is 29.5 Å². The summed E-state index contributed by atoms with van der Waals surface area (Å²) in [6, 6.07) is 0.752. The molecule has 0 unspecified atom stereocenters. The second-order valence-electron chi connectivity index (χ2n) is 3.82. The van der Waals surface area contributed by atoms with Crippen molar-refractivity contribution in [2.45, 2.75) is 20.3 Å². The summed E-state index contributed by atoms with van der Waals surface area (Å²) in [6.07, 6.45) is 0.183. The van der Waals surface area contributed by atoms with Gasteiger partial charge in [-0.2, -0.15) is 0 Å². The largest absolute Gasteiger partial charge is 0.497 e. The number of nitrogens with zero attached hydrogens (tertiary/aromatic N) is 1. The first-order valence-corrected chi connectivity index (χ1v) is 6.74. The van der Waals surface area contributed by atoms with Gasteiger partial charge in [0, 0.05) is 6.42 Å². The van der Waals surface area contributed by atoms with Gasteiger partial charge in [0.25, 0.3) is 0 Å². The number of Topliss-reactive ketones (excluding diaryl/α,β-unsaturated/α-hetero) is 1. The van der Waals surface area contributed by atoms with Crippen molar-refractivity contribution in [2.24, 2.45) is 0 Å². The highest BCUT2D eigenvalue weighted by Gasteiger charge is 2.27. The fraction of sp³-hybridized carbons (Fsp3) is 0.308. The van der Waals surface area contributed by atoms with Gasteiger partial charge in [-0.3, -0.25) is 4.79 Å². The van der Waals surface area contributed by atoms with Crippen LogP contribution in [-0.2, 0) is 9.53 Å². The molecule has 0 saturated carbocycles. The van der Waals surface area contributed by atoms with E-state index in [2.05, 4.69) is 4.98 Å². The van der Waals surface area contributed by atoms with Crippen molar-refractivity contribution in [1.29, 1.82) is 0 Å². The molecule has 0 aromatic carbocycles. The molecule has 0 spiro atoms. The minimum absolute atomic E-state index is 0.0126. The topological polar surface area (TPSA) is 76.5 Å². The summed E-state index contributed by atoms with van der Waals surface area (Å²) < 4.78 is 18.6. The molecule has 1 heterocycles. The van der Waals surface area contributed by atoms with Crippen LogP contribution in [0.4, 0.5) is 4.39 Å². The highest BCUT2D eigenvalue weighted by Crippen LogP contribution is 2.24. The quantitative estimate of drug-likeness (QED) is 0.215. The minimum Gasteiger partial charge on any atom is -0.497 e. The summed E-state index contributed by atoms with van der Waals surface area (Å²) in [5.74, 6) is -3.46. The summed E-state index contributed by atoms with van der Waals surface area (Å²) in [5, 5.41) is 8.33. The number of hydrogen-bond acceptors (Lipinski definition) is 4. The fourth-order valence-corrected chi connectivity index (χ4v) is 2.02. The maximum Gasteiger partial charge on any atom is 0.343 e. The van der Waals surface area contributed by atoms with E-state index in [1.807, 2.05) is 0 Å². The molecule has 0 aliphatic carbocycles. The van der Waals surface area contributed by atoms with Crippen molar-refractivity contribution >= 4 is 35.0 Å². The number of carbonyl (C=O) groups is 2. The molecule has 0 saturated heterocycles. The standard InChI is InChI=1S/C13H12Cl2FNO4/c1-3-8(21-4-2)9(13(19)20)10(18)6-5-7(16)12(15)17-11(6)14/h5H,3-4H2,1-2H3,(H,19,20)/b9-8-. The molecule has 0 amide bonds. The van der Waals surface area contributed by atoms with Crippen LogP contribution in [0.15, 0.2) is 17.4 Å². The van der Waals surface area contributed by atoms with Gasteiger partial charge in [-0.15, -0.1) is 0 Å². The maximum absolute atomic E-state index is 13.4. The number of aromatic nitrogens is 1. The Morgan fingerprint density at radius 3 is 2.43 bits per heavy atom. The summed E-state index contributed by atoms with van der Waals surface area (Å²) in [4.78, 5) is 27.0. The normalized spacial score (nSPS) is 11.9. The van der Waals surface area contributed by atoms with Gasteiger partial charge in [-0.1, -0.05) is 30.1 Å². The lowest BCUT2D eigenvalue weighted by Gasteiger charge is -2.11. The van der Waals surface area contributed by atoms with Crippen molar-refractivity contribution in [2.75, 3.05) is 6.61 Å². The Hall–Kier alpha value is -1.66. The van der Waals surface area contributed by atoms with Crippen molar-refractivity contribution in [1.82, 2.24) is 4.98 Å². The molecule has 8 heteroatoms. The van der Waals surface area contributed by atoms with E-state index in [0.29, 0.717) is 0 Å². The maximum atomic E-state index is 13.4. The van der Waals surface area contributed by atoms with Crippen molar-refractivity contribution < 1.29 is 23.8 Å². The predicted molar refractivity (Wildman–Crippen MR) is 75.1 cm³/mol. The number of ketones is 1. The summed E-state index contributed by atoms with van der Waals surface area (Å²) in [7, 11) is 0. The third-order valence-corrected chi connectivity index (χ3v) is 3.04. The number of hydrogen-bond donors (Lipinski definition) is 1. The summed E-state index contributed by atoms with van der Waals surface area (Å²) in [5.41, 5.74) is -0.994. The Kier molecular flexibility index (Phi) is 6.11. The third-order valence-electron chi connectivity index (χ3n) is 2.49. The van der Waals surface area contributed by atoms with Crippen molar-refractivity contribution in [3.63, 3.8) is 0 Å². The van der Waals surface area contributed by atoms with Gasteiger partial charge >= 0.3 is 5.97 Å². The van der Waals surface area contributed by atoms with Crippen molar-refractivity contribution in [3.05, 3.63) is 39.1 Å². The molecular weight excluding hydrogens is 324 g/mol. The van der Waals surface area contributed by atoms with Crippen LogP contribution in [0.3, 0.4) is 0 Å². The first kappa shape index (κ1) is 17.4. The van der Waals surface area contributed by atoms with Gasteiger partial charge < -0.3 is 9.84 Å². The van der Waals surface area contributed by atoms with Crippen LogP contribution < -0.4 is 0 Å². The van der Waals surface area contributed by atoms with Gasteiger partial charge in [0.15, 0.2) is 11.0 Å². The van der Waals surface area contributed by atoms with Gasteiger partial charge in [-0.05, 0) is 13.0 Å². The van der Waals surface area contributed by atoms with Crippen LogP contribution in [0.5, 0.6) is 0 Å². The number of pyridine rings is 1. The molecule has 114 valence electrons. The lowest BCUT2D eigenvalue weighted by atomic mass is 10.0. The highest BCUT2D eigenvalue weighted by molar-refractivity contribution is 6.37. The van der Waals surface area contributed by atoms with Gasteiger partial charge in [0.05, 0.1) is 12.2 Å². The lowest BCUT2D eigenvalue weighted by molar-refractivity contribution is -0.132. The Labute approximate surface area is 130 Å². The lowest BCUT2D eigenvalue weighted by Crippen LogP contribution is -2.17. The summed E-state index contributed by atoms with van der Waals surface area (Å²) in [6.45, 7) is 3.47. The first-order valence-electron chi connectivity index (χ1n) is 5.98. The predicted octanol–water partition coefficient (Wildman–Crippen LogP) is 3.50. The zero-order valence-corrected chi connectivity index (χ0v) is 12.8. The molecule has 0 bridgehead atoms. The van der Waals surface area contributed by atoms with E-state index in [0.717, 1.165) is 6.07 Å². The van der Waals surface area contributed by atoms with E-state index >= 15 is 0 Å². The second-order valence-corrected chi connectivity index (χ2v) is 4.53. The second kappa shape index (κ2) is 7.38. The molecule has 0 aliphatic heterocycles. The average molecular weight is 336 g/mol. The van der Waals surface area contributed by atoms with E-state index in [1.54, 1.807) is 13.8 Å². The van der Waals surface area contributed by atoms with Gasteiger partial charge in [-0.25, -0.2) is 14.2 Å². The SMILES string of the molecule is CCO/C(CC)=C(\C(=O)O)C(=O)c1cc(F)c(Cl)nc1Cl. The molecule has 0 radical (unpaired) electrons. The van der Waals surface area contributed by atoms with Crippen LogP contribution in [0, 0.1) is 5.82 Å². The number of ether oxygens (including phenoxy) is 1. The van der Waals surface area contributed by atoms with Crippen LogP contribution in [0.1, 0.15) is 30.6 Å². The average Bonchev–Trinajstić information content (AvgIpc) is 2.41. The number of carboxylic acid groups (broad SMARTS) is 1. The van der Waals surface area contributed by atoms with Gasteiger partial charge in [0.2, 0.25) is 5.78 Å². The zero-order chi connectivity index (χ0) is 16.2. The minimum atomic E-state index is -1.49. The number of carboxylic acids is 1. The molecule has 5 nitrogen and oxygen atoms in total. The van der Waals surface area contributed by atoms with Gasteiger partial charge in [0.1, 0.15) is 16.5 Å². The number of halogens is 3. The summed E-state index contributed by atoms with van der Waals surface area (Å²) >= 11 is 11.2. The number of carbonyl (C=O) groups excluding carboxylic acids is 1. The van der Waals surface area contributed by atoms with Crippen LogP contribution >= 0.6 is 23.2 Å². The Balaban J connectivity index is 3.44. The van der Waals surface area contributed by atoms with E-state index in [4.69, 9.17) is 27.9 Å². The first-order chi connectivity index (χ1) is 9.83. The van der Waals surface area contributed by atoms with Crippen molar-refractivity contribution in [3.8, 4) is 0 Å². The molecule has 1 rings (SSSR count). The molecule has 0 aliphatic rings. The molecule has 0 fully saturated rings. The van der Waals surface area contributed by atoms with E-state index < -0.39 is 28.3 Å². The number of rotatable bonds is 6. The molecular formula is C13H12Cl2FNO4. The third kappa shape index (κ3) is 3.92. The van der Waals surface area contributed by atoms with Crippen LogP contribution in [0.2, 0.25) is 10.3 Å². The number of aliphatic carboxylic acids is 1. The van der Waals surface area contributed by atoms with E-state index in [1.165, 1.54) is 0 Å². The monoisotopic (exact) mass is 335 g/mol. The molecule has 21 heavy (non-hydrogen) atoms. The molecule has 1 aromatic rings. The molecule has 0 atom stereocenters. The molecule has 1 aromatic heterocycles. The Bertz CT molecular complexity index is 616. The highest BCUT2D eigenvalue weighted by atomic mass is 35.5.